The summed E-state index contributed by atoms with van der Waals surface area (Å²) in [4.78, 5) is 9.34. The van der Waals surface area contributed by atoms with Crippen LogP contribution >= 0.6 is 11.6 Å². The Balaban J connectivity index is 1.71. The van der Waals surface area contributed by atoms with Gasteiger partial charge in [0.05, 0.1) is 17.1 Å². The average molecular weight is 413 g/mol. The van der Waals surface area contributed by atoms with Crippen LogP contribution in [0.25, 0.3) is 22.5 Å². The van der Waals surface area contributed by atoms with E-state index in [1.165, 1.54) is 5.56 Å². The van der Waals surface area contributed by atoms with Crippen LogP contribution in [0.1, 0.15) is 18.1 Å². The van der Waals surface area contributed by atoms with Gasteiger partial charge in [0.25, 0.3) is 0 Å². The minimum absolute atomic E-state index is 0.438. The van der Waals surface area contributed by atoms with Gasteiger partial charge in [0.15, 0.2) is 0 Å². The SMILES string of the molecule is CC(=NNc1nc(-c2ccccc2)cc(-c2ccc(Cl)cc2)n1)c1ccc(C)cc1. The number of hydrogen-bond donors (Lipinski definition) is 1. The molecule has 0 bridgehead atoms. The summed E-state index contributed by atoms with van der Waals surface area (Å²) in [5.41, 5.74) is 9.74. The minimum Gasteiger partial charge on any atom is -0.245 e. The van der Waals surface area contributed by atoms with Crippen molar-refractivity contribution in [1.29, 1.82) is 0 Å². The quantitative estimate of drug-likeness (QED) is 0.296. The summed E-state index contributed by atoms with van der Waals surface area (Å²) in [6, 6.07) is 27.8. The standard InChI is InChI=1S/C25H21ClN4/c1-17-8-10-19(11-9-17)18(2)29-30-25-27-23(20-6-4-3-5-7-20)16-24(28-25)21-12-14-22(26)15-13-21/h3-16H,1-2H3,(H,27,28,30). The molecular formula is C25H21ClN4. The molecule has 0 aliphatic carbocycles. The molecule has 0 amide bonds. The molecular weight excluding hydrogens is 392 g/mol. The lowest BCUT2D eigenvalue weighted by Crippen LogP contribution is -2.04. The highest BCUT2D eigenvalue weighted by atomic mass is 35.5. The normalized spacial score (nSPS) is 11.4. The monoisotopic (exact) mass is 412 g/mol. The summed E-state index contributed by atoms with van der Waals surface area (Å²) in [6.07, 6.45) is 0. The molecule has 0 saturated carbocycles. The summed E-state index contributed by atoms with van der Waals surface area (Å²) < 4.78 is 0. The first kappa shape index (κ1) is 19.8. The number of hydrazone groups is 1. The van der Waals surface area contributed by atoms with E-state index in [-0.39, 0.29) is 0 Å². The van der Waals surface area contributed by atoms with Crippen molar-refractivity contribution in [3.05, 3.63) is 101 Å². The van der Waals surface area contributed by atoms with Gasteiger partial charge in [-0.2, -0.15) is 5.10 Å². The van der Waals surface area contributed by atoms with E-state index in [0.29, 0.717) is 11.0 Å². The van der Waals surface area contributed by atoms with Crippen molar-refractivity contribution in [3.63, 3.8) is 0 Å². The van der Waals surface area contributed by atoms with Gasteiger partial charge in [0.2, 0.25) is 5.95 Å². The Labute approximate surface area is 181 Å². The van der Waals surface area contributed by atoms with Gasteiger partial charge in [0, 0.05) is 16.1 Å². The van der Waals surface area contributed by atoms with Gasteiger partial charge in [-0.1, -0.05) is 83.9 Å². The van der Waals surface area contributed by atoms with E-state index in [4.69, 9.17) is 11.6 Å². The number of hydrogen-bond acceptors (Lipinski definition) is 4. The molecule has 0 aliphatic rings. The first-order valence-corrected chi connectivity index (χ1v) is 10.0. The van der Waals surface area contributed by atoms with Crippen molar-refractivity contribution in [2.45, 2.75) is 13.8 Å². The number of rotatable bonds is 5. The van der Waals surface area contributed by atoms with Gasteiger partial charge in [-0.05, 0) is 37.6 Å². The number of halogens is 1. The Morgan fingerprint density at radius 1 is 0.800 bits per heavy atom. The molecule has 1 heterocycles. The van der Waals surface area contributed by atoms with E-state index < -0.39 is 0 Å². The maximum Gasteiger partial charge on any atom is 0.244 e. The zero-order valence-electron chi connectivity index (χ0n) is 16.8. The summed E-state index contributed by atoms with van der Waals surface area (Å²) in [5.74, 6) is 0.438. The first-order chi connectivity index (χ1) is 14.6. The van der Waals surface area contributed by atoms with Crippen LogP contribution in [0.15, 0.2) is 90.0 Å². The van der Waals surface area contributed by atoms with Crippen LogP contribution in [-0.4, -0.2) is 15.7 Å². The average Bonchev–Trinajstić information content (AvgIpc) is 2.79. The van der Waals surface area contributed by atoms with Crippen molar-refractivity contribution in [1.82, 2.24) is 9.97 Å². The van der Waals surface area contributed by atoms with E-state index in [2.05, 4.69) is 51.7 Å². The molecule has 0 aliphatic heterocycles. The molecule has 0 fully saturated rings. The molecule has 5 heteroatoms. The van der Waals surface area contributed by atoms with Crippen LogP contribution in [0.4, 0.5) is 5.95 Å². The predicted molar refractivity (Wildman–Crippen MR) is 125 cm³/mol. The largest absolute Gasteiger partial charge is 0.245 e. The Bertz CT molecular complexity index is 1170. The molecule has 4 nitrogen and oxygen atoms in total. The molecule has 4 rings (SSSR count). The lowest BCUT2D eigenvalue weighted by molar-refractivity contribution is 1.12. The summed E-state index contributed by atoms with van der Waals surface area (Å²) >= 11 is 6.05. The van der Waals surface area contributed by atoms with Gasteiger partial charge in [-0.25, -0.2) is 15.4 Å². The van der Waals surface area contributed by atoms with Gasteiger partial charge < -0.3 is 0 Å². The lowest BCUT2D eigenvalue weighted by atomic mass is 10.1. The van der Waals surface area contributed by atoms with Crippen molar-refractivity contribution in [2.24, 2.45) is 5.10 Å². The maximum atomic E-state index is 6.05. The highest BCUT2D eigenvalue weighted by Gasteiger charge is 2.09. The molecule has 1 aromatic heterocycles. The summed E-state index contributed by atoms with van der Waals surface area (Å²) in [7, 11) is 0. The highest BCUT2D eigenvalue weighted by Crippen LogP contribution is 2.26. The second kappa shape index (κ2) is 8.89. The number of nitrogens with zero attached hydrogens (tertiary/aromatic N) is 3. The summed E-state index contributed by atoms with van der Waals surface area (Å²) in [6.45, 7) is 4.02. The predicted octanol–water partition coefficient (Wildman–Crippen LogP) is 6.61. The van der Waals surface area contributed by atoms with Gasteiger partial charge in [-0.15, -0.1) is 0 Å². The van der Waals surface area contributed by atoms with Crippen LogP contribution in [-0.2, 0) is 0 Å². The van der Waals surface area contributed by atoms with Crippen molar-refractivity contribution in [3.8, 4) is 22.5 Å². The maximum absolute atomic E-state index is 6.05. The number of anilines is 1. The van der Waals surface area contributed by atoms with Crippen molar-refractivity contribution >= 4 is 23.3 Å². The molecule has 4 aromatic rings. The molecule has 148 valence electrons. The number of benzene rings is 3. The van der Waals surface area contributed by atoms with Crippen LogP contribution < -0.4 is 5.43 Å². The fourth-order valence-electron chi connectivity index (χ4n) is 3.02. The smallest absolute Gasteiger partial charge is 0.244 e. The second-order valence-electron chi connectivity index (χ2n) is 7.01. The van der Waals surface area contributed by atoms with Crippen molar-refractivity contribution in [2.75, 3.05) is 5.43 Å². The van der Waals surface area contributed by atoms with Crippen molar-refractivity contribution < 1.29 is 0 Å². The van der Waals surface area contributed by atoms with Crippen LogP contribution in [0.2, 0.25) is 5.02 Å². The number of aromatic nitrogens is 2. The highest BCUT2D eigenvalue weighted by molar-refractivity contribution is 6.30. The summed E-state index contributed by atoms with van der Waals surface area (Å²) in [5, 5.41) is 5.19. The van der Waals surface area contributed by atoms with E-state index in [0.717, 1.165) is 33.8 Å². The number of aryl methyl sites for hydroxylation is 1. The van der Waals surface area contributed by atoms with Gasteiger partial charge >= 0.3 is 0 Å². The second-order valence-corrected chi connectivity index (χ2v) is 7.45. The lowest BCUT2D eigenvalue weighted by Gasteiger charge is -2.09. The molecule has 0 saturated heterocycles. The van der Waals surface area contributed by atoms with Crippen LogP contribution in [0, 0.1) is 6.92 Å². The third-order valence-electron chi connectivity index (χ3n) is 4.73. The zero-order valence-corrected chi connectivity index (χ0v) is 17.6. The Morgan fingerprint density at radius 2 is 1.40 bits per heavy atom. The number of nitrogens with one attached hydrogen (secondary N) is 1. The van der Waals surface area contributed by atoms with E-state index in [1.807, 2.05) is 67.6 Å². The zero-order chi connectivity index (χ0) is 20.9. The molecule has 3 aromatic carbocycles. The Hall–Kier alpha value is -3.50. The molecule has 0 unspecified atom stereocenters. The minimum atomic E-state index is 0.438. The molecule has 1 N–H and O–H groups in total. The van der Waals surface area contributed by atoms with Gasteiger partial charge in [-0.3, -0.25) is 0 Å². The first-order valence-electron chi connectivity index (χ1n) is 9.66. The third kappa shape index (κ3) is 4.73. The van der Waals surface area contributed by atoms with Gasteiger partial charge in [0.1, 0.15) is 0 Å². The molecule has 0 radical (unpaired) electrons. The third-order valence-corrected chi connectivity index (χ3v) is 4.98. The Kier molecular flexibility index (Phi) is 5.87. The fourth-order valence-corrected chi connectivity index (χ4v) is 3.14. The van der Waals surface area contributed by atoms with E-state index in [1.54, 1.807) is 0 Å². The van der Waals surface area contributed by atoms with E-state index >= 15 is 0 Å². The van der Waals surface area contributed by atoms with E-state index in [9.17, 15) is 0 Å². The topological polar surface area (TPSA) is 50.2 Å². The van der Waals surface area contributed by atoms with Crippen LogP contribution in [0.5, 0.6) is 0 Å². The molecule has 30 heavy (non-hydrogen) atoms. The molecule has 0 spiro atoms. The fraction of sp³-hybridized carbons (Fsp3) is 0.0800. The molecule has 0 atom stereocenters. The van der Waals surface area contributed by atoms with Crippen LogP contribution in [0.3, 0.4) is 0 Å². The Morgan fingerprint density at radius 3 is 2.03 bits per heavy atom.